The molecule has 1 spiro atoms. The van der Waals surface area contributed by atoms with E-state index in [1.807, 2.05) is 12.1 Å². The lowest BCUT2D eigenvalue weighted by atomic mass is 9.69. The van der Waals surface area contributed by atoms with Crippen LogP contribution in [0.15, 0.2) is 47.7 Å². The molecular formula is C26H26N2O5. The molecule has 2 aliphatic rings. The molecule has 33 heavy (non-hydrogen) atoms. The fourth-order valence-corrected chi connectivity index (χ4v) is 5.02. The summed E-state index contributed by atoms with van der Waals surface area (Å²) in [4.78, 5) is 29.6. The highest BCUT2D eigenvalue weighted by atomic mass is 16.5. The Balaban J connectivity index is 1.70. The molecule has 0 saturated heterocycles. The summed E-state index contributed by atoms with van der Waals surface area (Å²) in [5.74, 6) is 0.782. The van der Waals surface area contributed by atoms with E-state index in [1.165, 1.54) is 0 Å². The summed E-state index contributed by atoms with van der Waals surface area (Å²) in [6.45, 7) is 1.96. The van der Waals surface area contributed by atoms with Gasteiger partial charge in [-0.3, -0.25) is 9.78 Å². The van der Waals surface area contributed by atoms with Gasteiger partial charge in [-0.05, 0) is 56.4 Å². The molecule has 1 aromatic carbocycles. The van der Waals surface area contributed by atoms with E-state index in [0.717, 1.165) is 53.6 Å². The molecule has 7 heteroatoms. The van der Waals surface area contributed by atoms with Gasteiger partial charge in [-0.2, -0.15) is 0 Å². The van der Waals surface area contributed by atoms with Gasteiger partial charge in [-0.15, -0.1) is 0 Å². The number of fused-ring (bicyclic) bond motifs is 4. The van der Waals surface area contributed by atoms with Crippen molar-refractivity contribution in [3.63, 3.8) is 0 Å². The van der Waals surface area contributed by atoms with Gasteiger partial charge in [0, 0.05) is 40.7 Å². The van der Waals surface area contributed by atoms with E-state index in [-0.39, 0.29) is 23.1 Å². The molecule has 0 radical (unpaired) electrons. The van der Waals surface area contributed by atoms with E-state index in [0.29, 0.717) is 11.5 Å². The number of benzene rings is 1. The van der Waals surface area contributed by atoms with E-state index >= 15 is 0 Å². The second-order valence-corrected chi connectivity index (χ2v) is 8.60. The van der Waals surface area contributed by atoms with Crippen LogP contribution in [-0.2, 0) is 16.7 Å². The van der Waals surface area contributed by atoms with E-state index in [2.05, 4.69) is 15.6 Å². The maximum Gasteiger partial charge on any atom is 0.343 e. The van der Waals surface area contributed by atoms with Crippen molar-refractivity contribution in [3.05, 3.63) is 64.2 Å². The number of hydrogen-bond donors (Lipinski definition) is 0. The fourth-order valence-electron chi connectivity index (χ4n) is 5.02. The predicted octanol–water partition coefficient (Wildman–Crippen LogP) is 4.21. The SMILES string of the molecule is CCOC(=O)c1cn2c(cc1=O)-c1cc(OC)c(-c3cncc(OC)c3)cc1CC21CCC1. The highest BCUT2D eigenvalue weighted by Gasteiger charge is 2.43. The molecule has 1 aliphatic carbocycles. The first-order valence-electron chi connectivity index (χ1n) is 11.1. The van der Waals surface area contributed by atoms with Gasteiger partial charge in [0.2, 0.25) is 0 Å². The van der Waals surface area contributed by atoms with Crippen molar-refractivity contribution in [2.45, 2.75) is 38.1 Å². The number of carbonyl (C=O) groups excluding carboxylic acids is 1. The largest absolute Gasteiger partial charge is 0.496 e. The van der Waals surface area contributed by atoms with Crippen LogP contribution in [0.2, 0.25) is 0 Å². The quantitative estimate of drug-likeness (QED) is 0.547. The third-order valence-corrected chi connectivity index (χ3v) is 6.82. The third kappa shape index (κ3) is 3.39. The van der Waals surface area contributed by atoms with E-state index in [1.54, 1.807) is 45.8 Å². The molecule has 0 atom stereocenters. The fraction of sp³-hybridized carbons (Fsp3) is 0.346. The Morgan fingerprint density at radius 3 is 2.58 bits per heavy atom. The van der Waals surface area contributed by atoms with E-state index < -0.39 is 5.97 Å². The van der Waals surface area contributed by atoms with Crippen molar-refractivity contribution in [3.8, 4) is 33.9 Å². The number of esters is 1. The Hall–Kier alpha value is -3.61. The maximum atomic E-state index is 12.9. The topological polar surface area (TPSA) is 79.7 Å². The van der Waals surface area contributed by atoms with Crippen molar-refractivity contribution < 1.29 is 19.0 Å². The molecule has 5 rings (SSSR count). The number of methoxy groups -OCH3 is 2. The third-order valence-electron chi connectivity index (χ3n) is 6.82. The van der Waals surface area contributed by atoms with Gasteiger partial charge in [0.15, 0.2) is 5.43 Å². The summed E-state index contributed by atoms with van der Waals surface area (Å²) >= 11 is 0. The van der Waals surface area contributed by atoms with Gasteiger partial charge in [0.05, 0.1) is 32.7 Å². The monoisotopic (exact) mass is 446 g/mol. The smallest absolute Gasteiger partial charge is 0.343 e. The molecule has 0 amide bonds. The lowest BCUT2D eigenvalue weighted by Crippen LogP contribution is -2.46. The average molecular weight is 447 g/mol. The van der Waals surface area contributed by atoms with Crippen LogP contribution in [0.3, 0.4) is 0 Å². The molecule has 3 aromatic rings. The summed E-state index contributed by atoms with van der Waals surface area (Å²) < 4.78 is 18.3. The number of nitrogens with zero attached hydrogens (tertiary/aromatic N) is 2. The Morgan fingerprint density at radius 1 is 1.09 bits per heavy atom. The van der Waals surface area contributed by atoms with Crippen molar-refractivity contribution in [2.75, 3.05) is 20.8 Å². The van der Waals surface area contributed by atoms with Gasteiger partial charge >= 0.3 is 5.97 Å². The van der Waals surface area contributed by atoms with Crippen LogP contribution in [0.5, 0.6) is 11.5 Å². The minimum atomic E-state index is -0.573. The molecule has 0 N–H and O–H groups in total. The summed E-state index contributed by atoms with van der Waals surface area (Å²) in [7, 11) is 3.25. The number of pyridine rings is 2. The molecule has 0 unspecified atom stereocenters. The zero-order valence-electron chi connectivity index (χ0n) is 19.0. The minimum Gasteiger partial charge on any atom is -0.496 e. The van der Waals surface area contributed by atoms with Crippen molar-refractivity contribution in [2.24, 2.45) is 0 Å². The second-order valence-electron chi connectivity index (χ2n) is 8.60. The minimum absolute atomic E-state index is 0.0846. The lowest BCUT2D eigenvalue weighted by Gasteiger charge is -2.49. The Labute approximate surface area is 191 Å². The molecule has 170 valence electrons. The Bertz CT molecular complexity index is 1310. The first-order chi connectivity index (χ1) is 16.0. The molecule has 0 bridgehead atoms. The number of hydrogen-bond acceptors (Lipinski definition) is 6. The molecule has 3 heterocycles. The summed E-state index contributed by atoms with van der Waals surface area (Å²) in [6, 6.07) is 7.61. The molecule has 2 aromatic heterocycles. The second kappa shape index (κ2) is 8.06. The normalized spacial score (nSPS) is 15.2. The van der Waals surface area contributed by atoms with Crippen LogP contribution in [-0.4, -0.2) is 36.3 Å². The highest BCUT2D eigenvalue weighted by Crippen LogP contribution is 2.50. The van der Waals surface area contributed by atoms with Gasteiger partial charge in [-0.25, -0.2) is 4.79 Å². The van der Waals surface area contributed by atoms with Crippen molar-refractivity contribution in [1.82, 2.24) is 9.55 Å². The standard InChI is InChI=1S/C26H26N2O5/c1-4-33-25(30)21-15-28-22(11-23(21)29)19-10-24(32-3)20(17-8-18(31-2)14-27-13-17)9-16(19)12-26(28)6-5-7-26/h8-11,13-15H,4-7,12H2,1-3H3. The van der Waals surface area contributed by atoms with Crippen LogP contribution in [0.25, 0.3) is 22.4 Å². The Morgan fingerprint density at radius 2 is 1.91 bits per heavy atom. The number of ether oxygens (including phenoxy) is 3. The highest BCUT2D eigenvalue weighted by molar-refractivity contribution is 5.90. The van der Waals surface area contributed by atoms with Gasteiger partial charge < -0.3 is 18.8 Å². The summed E-state index contributed by atoms with van der Waals surface area (Å²) in [5.41, 5.74) is 4.34. The van der Waals surface area contributed by atoms with Crippen LogP contribution in [0.4, 0.5) is 0 Å². The van der Waals surface area contributed by atoms with Gasteiger partial charge in [0.1, 0.15) is 17.1 Å². The van der Waals surface area contributed by atoms with Crippen LogP contribution >= 0.6 is 0 Å². The van der Waals surface area contributed by atoms with E-state index in [9.17, 15) is 9.59 Å². The zero-order chi connectivity index (χ0) is 23.2. The van der Waals surface area contributed by atoms with Crippen molar-refractivity contribution >= 4 is 5.97 Å². The molecule has 1 fully saturated rings. The molecule has 1 saturated carbocycles. The number of carbonyl (C=O) groups is 1. The van der Waals surface area contributed by atoms with Crippen LogP contribution < -0.4 is 14.9 Å². The average Bonchev–Trinajstić information content (AvgIpc) is 2.81. The molecule has 7 nitrogen and oxygen atoms in total. The van der Waals surface area contributed by atoms with Crippen LogP contribution in [0, 0.1) is 0 Å². The maximum absolute atomic E-state index is 12.9. The lowest BCUT2D eigenvalue weighted by molar-refractivity contribution is 0.0521. The summed E-state index contributed by atoms with van der Waals surface area (Å²) in [5, 5.41) is 0. The predicted molar refractivity (Wildman–Crippen MR) is 124 cm³/mol. The van der Waals surface area contributed by atoms with Crippen molar-refractivity contribution in [1.29, 1.82) is 0 Å². The van der Waals surface area contributed by atoms with Gasteiger partial charge in [-0.1, -0.05) is 0 Å². The van der Waals surface area contributed by atoms with Gasteiger partial charge in [0.25, 0.3) is 0 Å². The number of aromatic nitrogens is 2. The first-order valence-corrected chi connectivity index (χ1v) is 11.1. The number of rotatable bonds is 5. The van der Waals surface area contributed by atoms with E-state index in [4.69, 9.17) is 14.2 Å². The molecule has 1 aliphatic heterocycles. The summed E-state index contributed by atoms with van der Waals surface area (Å²) in [6.07, 6.45) is 9.07. The van der Waals surface area contributed by atoms with Crippen LogP contribution in [0.1, 0.15) is 42.1 Å². The zero-order valence-corrected chi connectivity index (χ0v) is 19.0. The molecular weight excluding hydrogens is 420 g/mol. The Kier molecular flexibility index (Phi) is 5.19. The first kappa shape index (κ1) is 21.2.